The predicted octanol–water partition coefficient (Wildman–Crippen LogP) is 2.27. The van der Waals surface area contributed by atoms with Gasteiger partial charge in [0.1, 0.15) is 0 Å². The number of hydrogen-bond acceptors (Lipinski definition) is 3. The third-order valence-corrected chi connectivity index (χ3v) is 4.80. The molecular weight excluding hydrogens is 305 g/mol. The van der Waals surface area contributed by atoms with E-state index in [2.05, 4.69) is 4.98 Å². The van der Waals surface area contributed by atoms with Crippen LogP contribution in [0, 0.1) is 0 Å². The van der Waals surface area contributed by atoms with E-state index < -0.39 is 12.3 Å². The molecule has 0 aliphatic rings. The van der Waals surface area contributed by atoms with Crippen LogP contribution in [0.25, 0.3) is 0 Å². The van der Waals surface area contributed by atoms with Crippen LogP contribution in [-0.4, -0.2) is 32.0 Å². The van der Waals surface area contributed by atoms with Crippen molar-refractivity contribution in [3.05, 3.63) is 60.3 Å². The number of ether oxygens (including phenoxy) is 1. The van der Waals surface area contributed by atoms with Gasteiger partial charge in [-0.15, -0.1) is 0 Å². The molecule has 0 spiro atoms. The number of pyridine rings is 1. The number of benzene rings is 1. The second-order valence-corrected chi connectivity index (χ2v) is 6.20. The zero-order valence-electron chi connectivity index (χ0n) is 10.1. The first-order valence-electron chi connectivity index (χ1n) is 5.79. The van der Waals surface area contributed by atoms with Crippen molar-refractivity contribution in [3.8, 4) is 0 Å². The van der Waals surface area contributed by atoms with E-state index in [0.717, 1.165) is 10.0 Å². The standard InChI is InChI=1S/C14H13AsNO3/c17-14(18)19-12(11-6-2-1-3-7-11)10-15-13-8-4-5-9-16-13/h1-9,12H,10H2,(H,17,18). The van der Waals surface area contributed by atoms with Gasteiger partial charge in [-0.2, -0.15) is 0 Å². The quantitative estimate of drug-likeness (QED) is 0.679. The summed E-state index contributed by atoms with van der Waals surface area (Å²) in [5, 5.41) is 9.49. The van der Waals surface area contributed by atoms with Crippen LogP contribution in [0.2, 0.25) is 5.21 Å². The van der Waals surface area contributed by atoms with Crippen molar-refractivity contribution in [1.29, 1.82) is 0 Å². The fourth-order valence-corrected chi connectivity index (χ4v) is 3.68. The number of carboxylic acid groups (broad SMARTS) is 1. The molecule has 1 atom stereocenters. The Hall–Kier alpha value is -1.80. The average Bonchev–Trinajstić information content (AvgIpc) is 2.45. The Morgan fingerprint density at radius 1 is 1.21 bits per heavy atom. The van der Waals surface area contributed by atoms with Crippen molar-refractivity contribution in [2.24, 2.45) is 0 Å². The second-order valence-electron chi connectivity index (χ2n) is 3.81. The number of carbonyl (C=O) groups is 1. The maximum absolute atomic E-state index is 10.8. The molecule has 2 aromatic rings. The Morgan fingerprint density at radius 2 is 1.95 bits per heavy atom. The van der Waals surface area contributed by atoms with Crippen LogP contribution in [0.5, 0.6) is 0 Å². The van der Waals surface area contributed by atoms with Crippen LogP contribution in [0.3, 0.4) is 0 Å². The van der Waals surface area contributed by atoms with Crippen molar-refractivity contribution in [2.75, 3.05) is 0 Å². The molecule has 0 bridgehead atoms. The van der Waals surface area contributed by atoms with E-state index in [0.29, 0.717) is 5.21 Å². The summed E-state index contributed by atoms with van der Waals surface area (Å²) in [6.07, 6.45) is 0.0948. The Labute approximate surface area is 118 Å². The molecule has 1 N–H and O–H groups in total. The molecule has 1 aromatic carbocycles. The summed E-state index contributed by atoms with van der Waals surface area (Å²) >= 11 is -0.216. The van der Waals surface area contributed by atoms with E-state index in [1.807, 2.05) is 48.5 Å². The monoisotopic (exact) mass is 318 g/mol. The van der Waals surface area contributed by atoms with Gasteiger partial charge in [-0.25, -0.2) is 0 Å². The van der Waals surface area contributed by atoms with Crippen LogP contribution in [-0.2, 0) is 4.74 Å². The summed E-state index contributed by atoms with van der Waals surface area (Å²) in [5.74, 6) is 0. The number of rotatable bonds is 5. The van der Waals surface area contributed by atoms with E-state index in [4.69, 9.17) is 9.84 Å². The Kier molecular flexibility index (Phi) is 4.99. The van der Waals surface area contributed by atoms with Gasteiger partial charge in [-0.3, -0.25) is 0 Å². The Bertz CT molecular complexity index is 519. The number of hydrogen-bond donors (Lipinski definition) is 1. The first-order chi connectivity index (χ1) is 9.25. The third kappa shape index (κ3) is 4.41. The molecule has 19 heavy (non-hydrogen) atoms. The van der Waals surface area contributed by atoms with Gasteiger partial charge in [-0.05, 0) is 0 Å². The van der Waals surface area contributed by atoms with Gasteiger partial charge < -0.3 is 0 Å². The summed E-state index contributed by atoms with van der Waals surface area (Å²) < 4.78 is 5.99. The van der Waals surface area contributed by atoms with Gasteiger partial charge >= 0.3 is 118 Å². The summed E-state index contributed by atoms with van der Waals surface area (Å²) in [6.45, 7) is 0. The SMILES string of the molecule is O=C(O)OC(C[As]c1ccccn1)c1ccccc1. The van der Waals surface area contributed by atoms with Crippen molar-refractivity contribution in [2.45, 2.75) is 11.3 Å². The fourth-order valence-electron chi connectivity index (χ4n) is 1.62. The van der Waals surface area contributed by atoms with Gasteiger partial charge in [0.25, 0.3) is 0 Å². The normalized spacial score (nSPS) is 12.4. The van der Waals surface area contributed by atoms with E-state index in [9.17, 15) is 4.79 Å². The molecule has 0 saturated heterocycles. The molecule has 0 aliphatic carbocycles. The topological polar surface area (TPSA) is 59.4 Å². The van der Waals surface area contributed by atoms with Crippen LogP contribution >= 0.6 is 0 Å². The van der Waals surface area contributed by atoms with Crippen molar-refractivity contribution >= 4 is 26.4 Å². The number of aromatic nitrogens is 1. The molecule has 4 nitrogen and oxygen atoms in total. The van der Waals surface area contributed by atoms with Gasteiger partial charge in [0, 0.05) is 0 Å². The minimum absolute atomic E-state index is 0.216. The Morgan fingerprint density at radius 3 is 2.58 bits per heavy atom. The molecule has 1 aromatic heterocycles. The fraction of sp³-hybridized carbons (Fsp3) is 0.143. The third-order valence-electron chi connectivity index (χ3n) is 2.48. The van der Waals surface area contributed by atoms with E-state index in [-0.39, 0.29) is 15.8 Å². The second kappa shape index (κ2) is 6.95. The van der Waals surface area contributed by atoms with Gasteiger partial charge in [0.15, 0.2) is 0 Å². The predicted molar refractivity (Wildman–Crippen MR) is 72.7 cm³/mol. The van der Waals surface area contributed by atoms with E-state index >= 15 is 0 Å². The summed E-state index contributed by atoms with van der Waals surface area (Å²) in [4.78, 5) is 15.0. The van der Waals surface area contributed by atoms with Crippen LogP contribution in [0.15, 0.2) is 54.7 Å². The maximum atomic E-state index is 10.8. The molecule has 0 aliphatic heterocycles. The first-order valence-corrected chi connectivity index (χ1v) is 8.05. The summed E-state index contributed by atoms with van der Waals surface area (Å²) in [7, 11) is 0. The van der Waals surface area contributed by atoms with E-state index in [1.165, 1.54) is 0 Å². The van der Waals surface area contributed by atoms with Crippen LogP contribution < -0.4 is 4.48 Å². The zero-order chi connectivity index (χ0) is 13.5. The Balaban J connectivity index is 2.04. The van der Waals surface area contributed by atoms with E-state index in [1.54, 1.807) is 6.20 Å². The molecular formula is C14H13AsNO3. The van der Waals surface area contributed by atoms with Gasteiger partial charge in [-0.1, -0.05) is 0 Å². The molecule has 1 radical (unpaired) electrons. The summed E-state index contributed by atoms with van der Waals surface area (Å²) in [5.41, 5.74) is 0.885. The molecule has 97 valence electrons. The molecule has 0 fully saturated rings. The van der Waals surface area contributed by atoms with Crippen LogP contribution in [0.4, 0.5) is 4.79 Å². The minimum atomic E-state index is -1.24. The molecule has 5 heteroatoms. The zero-order valence-corrected chi connectivity index (χ0v) is 12.0. The first kappa shape index (κ1) is 13.6. The molecule has 0 amide bonds. The number of nitrogens with zero attached hydrogens (tertiary/aromatic N) is 1. The van der Waals surface area contributed by atoms with Crippen molar-refractivity contribution < 1.29 is 14.6 Å². The summed E-state index contributed by atoms with van der Waals surface area (Å²) in [6, 6.07) is 15.2. The molecule has 1 heterocycles. The van der Waals surface area contributed by atoms with Crippen molar-refractivity contribution in [1.82, 2.24) is 4.98 Å². The molecule has 1 unspecified atom stereocenters. The van der Waals surface area contributed by atoms with Crippen molar-refractivity contribution in [3.63, 3.8) is 0 Å². The van der Waals surface area contributed by atoms with Gasteiger partial charge in [0.2, 0.25) is 0 Å². The van der Waals surface area contributed by atoms with Gasteiger partial charge in [0.05, 0.1) is 0 Å². The molecule has 0 saturated carbocycles. The average molecular weight is 318 g/mol. The molecule has 2 rings (SSSR count). The van der Waals surface area contributed by atoms with Crippen LogP contribution in [0.1, 0.15) is 11.7 Å².